The van der Waals surface area contributed by atoms with Crippen LogP contribution in [0.5, 0.6) is 0 Å². The molecule has 3 rings (SSSR count). The van der Waals surface area contributed by atoms with E-state index in [2.05, 4.69) is 31.2 Å². The number of aliphatic imine (C=N–C) groups is 1. The van der Waals surface area contributed by atoms with Crippen molar-refractivity contribution in [3.63, 3.8) is 0 Å². The average molecular weight is 979 g/mol. The largest absolute Gasteiger partial charge is 0.483 e. The van der Waals surface area contributed by atoms with Gasteiger partial charge in [0.15, 0.2) is 5.96 Å². The van der Waals surface area contributed by atoms with Crippen molar-refractivity contribution in [2.24, 2.45) is 16.5 Å². The molecule has 27 heteroatoms. The first-order chi connectivity index (χ1) is 32.8. The SMILES string of the molecule is CCN1CCN(CC(=O)O)CCN(CC(=O)O)CCN(CC(=O)NC(CCCN=C(N)N)C(=O)NCCCCC(=O)NCc2ccc(C(=O)NCC(=O)N3CC(O)CC3B(O)O)cc2)CC1.O=CO. The number of aliphatic hydroxyl groups is 1. The van der Waals surface area contributed by atoms with E-state index in [4.69, 9.17) is 21.4 Å². The number of aliphatic hydroxyl groups excluding tert-OH is 1. The molecule has 5 amide bonds. The molecule has 0 aromatic heterocycles. The number of nitrogens with zero attached hydrogens (tertiary/aromatic N) is 6. The Hall–Kier alpha value is -5.97. The highest BCUT2D eigenvalue weighted by atomic mass is 16.4. The number of hydrogen-bond acceptors (Lipinski definition) is 16. The normalized spacial score (nSPS) is 17.9. The number of carboxylic acids is 2. The van der Waals surface area contributed by atoms with Crippen LogP contribution in [0.2, 0.25) is 0 Å². The number of aliphatic carboxylic acids is 2. The van der Waals surface area contributed by atoms with Crippen LogP contribution in [0.3, 0.4) is 0 Å². The Morgan fingerprint density at radius 3 is 1.87 bits per heavy atom. The zero-order chi connectivity index (χ0) is 51.3. The molecule has 26 nitrogen and oxygen atoms in total. The molecule has 0 spiro atoms. The number of hydrogen-bond donors (Lipinski definition) is 12. The van der Waals surface area contributed by atoms with Gasteiger partial charge in [-0.3, -0.25) is 58.0 Å². The minimum Gasteiger partial charge on any atom is -0.483 e. The molecular formula is C42H71BN12O14. The molecule has 1 aromatic rings. The number of likely N-dealkylation sites (N-methyl/N-ethyl adjacent to an activating group) is 1. The van der Waals surface area contributed by atoms with Crippen molar-refractivity contribution in [2.45, 2.75) is 70.1 Å². The van der Waals surface area contributed by atoms with Crippen LogP contribution in [-0.4, -0.2) is 239 Å². The lowest BCUT2D eigenvalue weighted by molar-refractivity contribution is -0.140. The summed E-state index contributed by atoms with van der Waals surface area (Å²) in [7, 11) is -1.82. The van der Waals surface area contributed by atoms with E-state index < -0.39 is 67.3 Å². The van der Waals surface area contributed by atoms with Crippen LogP contribution in [0.25, 0.3) is 0 Å². The maximum Gasteiger partial charge on any atom is 0.475 e. The van der Waals surface area contributed by atoms with Gasteiger partial charge in [-0.15, -0.1) is 0 Å². The summed E-state index contributed by atoms with van der Waals surface area (Å²) in [4.78, 5) is 109. The lowest BCUT2D eigenvalue weighted by Crippen LogP contribution is -2.52. The second kappa shape index (κ2) is 32.7. The predicted molar refractivity (Wildman–Crippen MR) is 251 cm³/mol. The number of β-amino-alcohol motifs (C(OH)–C–C–N with tert-alkyl or cyclic N) is 1. The van der Waals surface area contributed by atoms with Crippen molar-refractivity contribution >= 4 is 61.0 Å². The van der Waals surface area contributed by atoms with Crippen LogP contribution >= 0.6 is 0 Å². The number of carbonyl (C=O) groups is 8. The van der Waals surface area contributed by atoms with Gasteiger partial charge in [0.2, 0.25) is 23.6 Å². The minimum absolute atomic E-state index is 0.0195. The lowest BCUT2D eigenvalue weighted by atomic mass is 9.77. The Bertz CT molecular complexity index is 1830. The summed E-state index contributed by atoms with van der Waals surface area (Å²) in [6.07, 6.45) is 0.886. The van der Waals surface area contributed by atoms with Crippen molar-refractivity contribution in [1.82, 2.24) is 45.8 Å². The van der Waals surface area contributed by atoms with Crippen LogP contribution in [-0.2, 0) is 40.1 Å². The van der Waals surface area contributed by atoms with Crippen LogP contribution in [0, 0.1) is 0 Å². The lowest BCUT2D eigenvalue weighted by Gasteiger charge is -2.33. The fourth-order valence-electron chi connectivity index (χ4n) is 7.55. The van der Waals surface area contributed by atoms with Gasteiger partial charge in [0.25, 0.3) is 12.4 Å². The molecule has 1 aromatic carbocycles. The van der Waals surface area contributed by atoms with E-state index in [1.807, 2.05) is 11.8 Å². The average Bonchev–Trinajstić information content (AvgIpc) is 3.70. The standard InChI is InChI=1S/C41H69BN12O12.CH2O2/c1-2-50-14-16-51(18-19-53(28-38(61)62)21-20-52(17-15-50)27-37(59)60)26-35(57)49-32(6-5-13-46-41(43)44)40(64)45-12-4-3-7-34(56)47-23-29-8-10-30(11-9-29)39(63)48-24-36(58)54-25-31(55)22-33(54)42(65)66;2-1-3/h8-11,31-33,55,65-66H,2-7,12-28H2,1H3,(H,45,64)(H,47,56)(H,48,63)(H,49,57)(H,59,60)(H,61,62)(H4,43,44,46);1H,(H,2,3). The van der Waals surface area contributed by atoms with Gasteiger partial charge in [0, 0.05) is 90.5 Å². The summed E-state index contributed by atoms with van der Waals surface area (Å²) in [5.74, 6) is -5.16. The topological polar surface area (TPSA) is 387 Å². The molecule has 0 saturated carbocycles. The second-order valence-corrected chi connectivity index (χ2v) is 16.5. The first-order valence-electron chi connectivity index (χ1n) is 22.9. The van der Waals surface area contributed by atoms with E-state index in [1.165, 1.54) is 0 Å². The molecule has 0 aliphatic carbocycles. The number of carboxylic acid groups (broad SMARTS) is 3. The van der Waals surface area contributed by atoms with Gasteiger partial charge in [-0.25, -0.2) is 0 Å². The summed E-state index contributed by atoms with van der Waals surface area (Å²) in [6, 6.07) is 5.49. The number of unbranched alkanes of at least 4 members (excludes halogenated alkanes) is 1. The number of carbonyl (C=O) groups excluding carboxylic acids is 5. The van der Waals surface area contributed by atoms with Crippen LogP contribution in [0.15, 0.2) is 29.3 Å². The summed E-state index contributed by atoms with van der Waals surface area (Å²) < 4.78 is 0. The Morgan fingerprint density at radius 2 is 1.35 bits per heavy atom. The van der Waals surface area contributed by atoms with Crippen molar-refractivity contribution in [1.29, 1.82) is 0 Å². The molecule has 3 unspecified atom stereocenters. The molecule has 0 radical (unpaired) electrons. The van der Waals surface area contributed by atoms with Gasteiger partial charge in [-0.2, -0.15) is 0 Å². The van der Waals surface area contributed by atoms with Crippen molar-refractivity contribution < 1.29 is 68.8 Å². The number of nitrogens with two attached hydrogens (primary N) is 2. The second-order valence-electron chi connectivity index (χ2n) is 16.5. The van der Waals surface area contributed by atoms with Gasteiger partial charge in [0.1, 0.15) is 6.04 Å². The quantitative estimate of drug-likeness (QED) is 0.0152. The Morgan fingerprint density at radius 1 is 0.797 bits per heavy atom. The van der Waals surface area contributed by atoms with Crippen LogP contribution < -0.4 is 32.7 Å². The molecule has 3 atom stereocenters. The molecule has 14 N–H and O–H groups in total. The number of amides is 5. The van der Waals surface area contributed by atoms with E-state index in [0.29, 0.717) is 78.2 Å². The Kier molecular flexibility index (Phi) is 28.1. The molecular weight excluding hydrogens is 907 g/mol. The first-order valence-corrected chi connectivity index (χ1v) is 22.9. The van der Waals surface area contributed by atoms with Crippen molar-refractivity contribution in [3.05, 3.63) is 35.4 Å². The third kappa shape index (κ3) is 24.8. The van der Waals surface area contributed by atoms with E-state index in [1.54, 1.807) is 34.1 Å². The van der Waals surface area contributed by atoms with Crippen LogP contribution in [0.4, 0.5) is 0 Å². The monoisotopic (exact) mass is 979 g/mol. The Labute approximate surface area is 401 Å². The fraction of sp³-hybridized carbons (Fsp3) is 0.643. The predicted octanol–water partition coefficient (Wildman–Crippen LogP) is -5.06. The fourth-order valence-corrected chi connectivity index (χ4v) is 7.55. The number of likely N-dealkylation sites (tertiary alicyclic amines) is 1. The summed E-state index contributed by atoms with van der Waals surface area (Å²) in [5, 5.41) is 65.6. The van der Waals surface area contributed by atoms with Gasteiger partial charge < -0.3 is 73.0 Å². The third-order valence-electron chi connectivity index (χ3n) is 11.3. The summed E-state index contributed by atoms with van der Waals surface area (Å²) in [6.45, 7) is 5.72. The smallest absolute Gasteiger partial charge is 0.475 e. The van der Waals surface area contributed by atoms with Gasteiger partial charge >= 0.3 is 19.1 Å². The number of guanidine groups is 1. The zero-order valence-corrected chi connectivity index (χ0v) is 39.2. The van der Waals surface area contributed by atoms with E-state index >= 15 is 0 Å². The highest BCUT2D eigenvalue weighted by Gasteiger charge is 2.41. The number of benzene rings is 1. The molecule has 386 valence electrons. The van der Waals surface area contributed by atoms with Gasteiger partial charge in [0.05, 0.1) is 38.2 Å². The van der Waals surface area contributed by atoms with Crippen molar-refractivity contribution in [2.75, 3.05) is 105 Å². The maximum absolute atomic E-state index is 13.5. The number of nitrogens with one attached hydrogen (secondary N) is 4. The van der Waals surface area contributed by atoms with Gasteiger partial charge in [-0.05, 0) is 56.3 Å². The molecule has 2 heterocycles. The van der Waals surface area contributed by atoms with Gasteiger partial charge in [-0.1, -0.05) is 19.1 Å². The highest BCUT2D eigenvalue weighted by Crippen LogP contribution is 2.19. The molecule has 0 bridgehead atoms. The molecule has 2 saturated heterocycles. The first kappa shape index (κ1) is 59.2. The van der Waals surface area contributed by atoms with Crippen molar-refractivity contribution in [3.8, 4) is 0 Å². The number of rotatable bonds is 24. The minimum atomic E-state index is -1.82. The van der Waals surface area contributed by atoms with E-state index in [9.17, 15) is 58.9 Å². The Balaban J connectivity index is 0.00000530. The van der Waals surface area contributed by atoms with E-state index in [0.717, 1.165) is 10.5 Å². The molecule has 2 aliphatic rings. The summed E-state index contributed by atoms with van der Waals surface area (Å²) >= 11 is 0. The zero-order valence-electron chi connectivity index (χ0n) is 39.2. The molecule has 69 heavy (non-hydrogen) atoms. The summed E-state index contributed by atoms with van der Waals surface area (Å²) in [5.41, 5.74) is 11.9. The molecule has 2 fully saturated rings. The maximum atomic E-state index is 13.5. The highest BCUT2D eigenvalue weighted by molar-refractivity contribution is 6.43. The van der Waals surface area contributed by atoms with E-state index in [-0.39, 0.29) is 89.0 Å². The van der Waals surface area contributed by atoms with Crippen LogP contribution in [0.1, 0.15) is 61.4 Å². The molecule has 2 aliphatic heterocycles. The third-order valence-corrected chi connectivity index (χ3v) is 11.3.